The van der Waals surface area contributed by atoms with E-state index in [1.54, 1.807) is 10.4 Å². The summed E-state index contributed by atoms with van der Waals surface area (Å²) in [5.74, 6) is 1.97. The number of carbonyl (C=O) groups is 1. The minimum Gasteiger partial charge on any atom is -0.342 e. The molecule has 3 heterocycles. The molecule has 2 aliphatic heterocycles. The molecule has 3 unspecified atom stereocenters. The van der Waals surface area contributed by atoms with E-state index in [2.05, 4.69) is 33.4 Å². The first-order chi connectivity index (χ1) is 11.8. The fourth-order valence-electron chi connectivity index (χ4n) is 5.33. The van der Waals surface area contributed by atoms with Gasteiger partial charge in [-0.1, -0.05) is 12.2 Å². The van der Waals surface area contributed by atoms with Gasteiger partial charge in [0.25, 0.3) is 0 Å². The molecule has 3 nitrogen and oxygen atoms in total. The number of nitrogens with zero attached hydrogens (tertiary/aromatic N) is 2. The zero-order chi connectivity index (χ0) is 16.1. The van der Waals surface area contributed by atoms with Crippen LogP contribution < -0.4 is 0 Å². The smallest absolute Gasteiger partial charge is 0.226 e. The second-order valence-corrected chi connectivity index (χ2v) is 9.03. The molecule has 4 aliphatic rings. The third kappa shape index (κ3) is 2.55. The Balaban J connectivity index is 1.18. The van der Waals surface area contributed by atoms with Gasteiger partial charge in [-0.05, 0) is 60.9 Å². The van der Waals surface area contributed by atoms with Crippen LogP contribution >= 0.6 is 11.3 Å². The van der Waals surface area contributed by atoms with E-state index in [1.165, 1.54) is 19.4 Å². The average molecular weight is 343 g/mol. The number of hydrogen-bond donors (Lipinski definition) is 0. The van der Waals surface area contributed by atoms with Gasteiger partial charge in [0.15, 0.2) is 0 Å². The number of thiophene rings is 1. The van der Waals surface area contributed by atoms with E-state index < -0.39 is 0 Å². The fraction of sp³-hybridized carbons (Fsp3) is 0.650. The van der Waals surface area contributed by atoms with E-state index in [0.717, 1.165) is 38.9 Å². The summed E-state index contributed by atoms with van der Waals surface area (Å²) in [6.07, 6.45) is 10.5. The van der Waals surface area contributed by atoms with Gasteiger partial charge in [-0.25, -0.2) is 0 Å². The van der Waals surface area contributed by atoms with Crippen molar-refractivity contribution >= 4 is 17.2 Å². The summed E-state index contributed by atoms with van der Waals surface area (Å²) in [4.78, 5) is 19.3. The minimum absolute atomic E-state index is 0.292. The second-order valence-electron chi connectivity index (χ2n) is 8.03. The lowest BCUT2D eigenvalue weighted by Crippen LogP contribution is -2.49. The van der Waals surface area contributed by atoms with Crippen molar-refractivity contribution in [3.05, 3.63) is 34.0 Å². The number of hydrogen-bond acceptors (Lipinski definition) is 3. The molecule has 0 radical (unpaired) electrons. The molecule has 1 aromatic rings. The van der Waals surface area contributed by atoms with Crippen molar-refractivity contribution in [2.75, 3.05) is 19.6 Å². The van der Waals surface area contributed by atoms with E-state index >= 15 is 0 Å². The second kappa shape index (κ2) is 5.99. The molecule has 128 valence electrons. The average Bonchev–Trinajstić information content (AvgIpc) is 3.36. The van der Waals surface area contributed by atoms with Crippen LogP contribution in [0.15, 0.2) is 23.6 Å². The summed E-state index contributed by atoms with van der Waals surface area (Å²) in [7, 11) is 0. The molecule has 1 amide bonds. The number of piperidine rings is 1. The minimum atomic E-state index is 0.292. The quantitative estimate of drug-likeness (QED) is 0.770. The van der Waals surface area contributed by atoms with Crippen molar-refractivity contribution in [1.29, 1.82) is 0 Å². The maximum atomic E-state index is 12.9. The number of allylic oxidation sites excluding steroid dienone is 2. The van der Waals surface area contributed by atoms with Gasteiger partial charge < -0.3 is 4.90 Å². The maximum Gasteiger partial charge on any atom is 0.226 e. The number of fused-ring (bicyclic) bond motifs is 3. The van der Waals surface area contributed by atoms with E-state index in [0.29, 0.717) is 29.7 Å². The topological polar surface area (TPSA) is 23.6 Å². The summed E-state index contributed by atoms with van der Waals surface area (Å²) in [6, 6.07) is 2.97. The van der Waals surface area contributed by atoms with E-state index in [9.17, 15) is 4.79 Å². The summed E-state index contributed by atoms with van der Waals surface area (Å²) < 4.78 is 0. The van der Waals surface area contributed by atoms with Crippen LogP contribution in [-0.2, 0) is 17.8 Å². The van der Waals surface area contributed by atoms with Crippen molar-refractivity contribution < 1.29 is 4.79 Å². The van der Waals surface area contributed by atoms with Gasteiger partial charge in [0.05, 0.1) is 0 Å². The van der Waals surface area contributed by atoms with Gasteiger partial charge in [-0.2, -0.15) is 0 Å². The third-order valence-electron chi connectivity index (χ3n) is 6.73. The van der Waals surface area contributed by atoms with Crippen molar-refractivity contribution in [2.45, 2.75) is 44.7 Å². The Morgan fingerprint density at radius 3 is 2.75 bits per heavy atom. The van der Waals surface area contributed by atoms with Crippen LogP contribution in [0, 0.1) is 17.8 Å². The molecular weight excluding hydrogens is 316 g/mol. The number of rotatable bonds is 2. The molecule has 0 N–H and O–H groups in total. The first-order valence-electron chi connectivity index (χ1n) is 9.54. The molecule has 2 aliphatic carbocycles. The molecule has 1 saturated carbocycles. The van der Waals surface area contributed by atoms with Crippen LogP contribution in [0.5, 0.6) is 0 Å². The van der Waals surface area contributed by atoms with Crippen molar-refractivity contribution in [3.8, 4) is 0 Å². The van der Waals surface area contributed by atoms with Gasteiger partial charge in [-0.15, -0.1) is 11.3 Å². The van der Waals surface area contributed by atoms with Gasteiger partial charge in [-0.3, -0.25) is 9.69 Å². The third-order valence-corrected chi connectivity index (χ3v) is 7.75. The maximum absolute atomic E-state index is 12.9. The molecule has 0 aromatic carbocycles. The first-order valence-corrected chi connectivity index (χ1v) is 10.4. The Morgan fingerprint density at radius 2 is 2.00 bits per heavy atom. The highest BCUT2D eigenvalue weighted by atomic mass is 32.1. The normalized spacial score (nSPS) is 33.2. The summed E-state index contributed by atoms with van der Waals surface area (Å²) in [5.41, 5.74) is 1.54. The van der Waals surface area contributed by atoms with Crippen LogP contribution in [-0.4, -0.2) is 41.4 Å². The Kier molecular flexibility index (Phi) is 3.78. The van der Waals surface area contributed by atoms with Gasteiger partial charge >= 0.3 is 0 Å². The van der Waals surface area contributed by atoms with Crippen molar-refractivity contribution in [1.82, 2.24) is 9.80 Å². The fourth-order valence-corrected chi connectivity index (χ4v) is 6.22. The van der Waals surface area contributed by atoms with Crippen LogP contribution in [0.2, 0.25) is 0 Å². The Bertz CT molecular complexity index is 658. The van der Waals surface area contributed by atoms with E-state index in [1.807, 2.05) is 11.3 Å². The largest absolute Gasteiger partial charge is 0.342 e. The highest BCUT2D eigenvalue weighted by molar-refractivity contribution is 7.10. The van der Waals surface area contributed by atoms with Crippen LogP contribution in [0.1, 0.15) is 36.1 Å². The molecule has 2 fully saturated rings. The van der Waals surface area contributed by atoms with E-state index in [4.69, 9.17) is 0 Å². The molecule has 0 spiro atoms. The summed E-state index contributed by atoms with van der Waals surface area (Å²) in [6.45, 7) is 4.25. The Labute approximate surface area is 148 Å². The zero-order valence-corrected chi connectivity index (χ0v) is 15.0. The SMILES string of the molecule is O=C(C1CC2C=CC1C2)N1CCC(N2CCc3sccc3C2)CC1. The highest BCUT2D eigenvalue weighted by Gasteiger charge is 2.42. The molecule has 2 bridgehead atoms. The molecular formula is C20H26N2OS. The van der Waals surface area contributed by atoms with Crippen LogP contribution in [0.25, 0.3) is 0 Å². The number of likely N-dealkylation sites (tertiary alicyclic amines) is 1. The van der Waals surface area contributed by atoms with Gasteiger partial charge in [0.1, 0.15) is 0 Å². The number of amides is 1. The predicted octanol–water partition coefficient (Wildman–Crippen LogP) is 3.31. The lowest BCUT2D eigenvalue weighted by molar-refractivity contribution is -0.138. The Morgan fingerprint density at radius 1 is 1.12 bits per heavy atom. The molecule has 1 aromatic heterocycles. The molecule has 3 atom stereocenters. The monoisotopic (exact) mass is 342 g/mol. The lowest BCUT2D eigenvalue weighted by Gasteiger charge is -2.41. The lowest BCUT2D eigenvalue weighted by atomic mass is 9.91. The molecule has 4 heteroatoms. The van der Waals surface area contributed by atoms with E-state index in [-0.39, 0.29) is 0 Å². The first kappa shape index (κ1) is 15.2. The molecule has 24 heavy (non-hydrogen) atoms. The molecule has 1 saturated heterocycles. The molecule has 5 rings (SSSR count). The summed E-state index contributed by atoms with van der Waals surface area (Å²) in [5, 5.41) is 2.24. The highest BCUT2D eigenvalue weighted by Crippen LogP contribution is 2.44. The summed E-state index contributed by atoms with van der Waals surface area (Å²) >= 11 is 1.91. The van der Waals surface area contributed by atoms with Crippen molar-refractivity contribution in [3.63, 3.8) is 0 Å². The Hall–Kier alpha value is -1.13. The standard InChI is InChI=1S/C20H26N2OS/c23-20(18-12-14-1-2-15(18)11-14)21-7-3-17(4-8-21)22-9-5-19-16(13-22)6-10-24-19/h1-2,6,10,14-15,17-18H,3-5,7-9,11-13H2. The predicted molar refractivity (Wildman–Crippen MR) is 96.9 cm³/mol. The number of carbonyl (C=O) groups excluding carboxylic acids is 1. The van der Waals surface area contributed by atoms with Gasteiger partial charge in [0, 0.05) is 43.0 Å². The van der Waals surface area contributed by atoms with Crippen LogP contribution in [0.3, 0.4) is 0 Å². The van der Waals surface area contributed by atoms with Gasteiger partial charge in [0.2, 0.25) is 5.91 Å². The van der Waals surface area contributed by atoms with Crippen LogP contribution in [0.4, 0.5) is 0 Å². The zero-order valence-electron chi connectivity index (χ0n) is 14.2. The van der Waals surface area contributed by atoms with Crippen molar-refractivity contribution in [2.24, 2.45) is 17.8 Å².